The van der Waals surface area contributed by atoms with E-state index in [1.165, 1.54) is 58.8 Å². The summed E-state index contributed by atoms with van der Waals surface area (Å²) in [6, 6.07) is 65.2. The highest BCUT2D eigenvalue weighted by molar-refractivity contribution is 7.26. The van der Waals surface area contributed by atoms with Gasteiger partial charge in [0, 0.05) is 59.5 Å². The van der Waals surface area contributed by atoms with Crippen molar-refractivity contribution in [1.82, 2.24) is 19.5 Å². The summed E-state index contributed by atoms with van der Waals surface area (Å²) in [6.07, 6.45) is 10.4. The molecule has 292 valence electrons. The fourth-order valence-corrected chi connectivity index (χ4v) is 10.3. The Morgan fingerprint density at radius 2 is 1.16 bits per heavy atom. The van der Waals surface area contributed by atoms with Crippen LogP contribution in [0, 0.1) is 0 Å². The Hall–Kier alpha value is -7.73. The highest BCUT2D eigenvalue weighted by atomic mass is 32.1. The number of benzene rings is 7. The van der Waals surface area contributed by atoms with Gasteiger partial charge in [-0.1, -0.05) is 127 Å². The molecule has 1 aliphatic carbocycles. The molecule has 0 spiro atoms. The van der Waals surface area contributed by atoms with E-state index in [0.717, 1.165) is 63.3 Å². The van der Waals surface area contributed by atoms with E-state index < -0.39 is 0 Å². The summed E-state index contributed by atoms with van der Waals surface area (Å²) < 4.78 is 4.98. The molecule has 12 rings (SSSR count). The lowest BCUT2D eigenvalue weighted by Crippen LogP contribution is -2.00. The van der Waals surface area contributed by atoms with E-state index in [1.807, 2.05) is 29.7 Å². The zero-order valence-corrected chi connectivity index (χ0v) is 34.6. The zero-order chi connectivity index (χ0) is 41.0. The third kappa shape index (κ3) is 6.25. The fraction of sp³-hybridized carbons (Fsp3) is 0.0351. The molecule has 0 radical (unpaired) electrons. The quantitative estimate of drug-likeness (QED) is 0.161. The molecule has 0 unspecified atom stereocenters. The number of pyridine rings is 1. The van der Waals surface area contributed by atoms with Gasteiger partial charge in [-0.05, 0) is 113 Å². The van der Waals surface area contributed by atoms with Crippen LogP contribution in [0.5, 0.6) is 0 Å². The molecule has 11 aromatic rings. The number of nitrogens with zero attached hydrogens (tertiary/aromatic N) is 4. The molecule has 0 amide bonds. The van der Waals surface area contributed by atoms with Crippen molar-refractivity contribution >= 4 is 58.9 Å². The second-order valence-electron chi connectivity index (χ2n) is 15.9. The first-order chi connectivity index (χ1) is 30.7. The van der Waals surface area contributed by atoms with Gasteiger partial charge < -0.3 is 4.57 Å². The maximum absolute atomic E-state index is 5.19. The summed E-state index contributed by atoms with van der Waals surface area (Å²) in [5.74, 6) is 0.717. The van der Waals surface area contributed by atoms with E-state index in [1.54, 1.807) is 0 Å². The highest BCUT2D eigenvalue weighted by Gasteiger charge is 2.23. The van der Waals surface area contributed by atoms with Crippen LogP contribution in [0.1, 0.15) is 18.5 Å². The number of rotatable bonds is 7. The standard InChI is InChI=1S/C57H38N4S/c1-5-15-37(16-6-1)42-26-30-52-48(34-42)54-55(47(49-23-13-14-32-58-49)35-46-45-33-43(38-17-7-2-8-18-38)27-31-53(45)62-56(46)54)61(52)44-28-24-41(25-29-44)57-59-50(39-19-9-3-10-20-39)36-51(60-57)40-21-11-4-12-22-40/h1-11,13-21,23-36H,12,22H2. The van der Waals surface area contributed by atoms with Crippen molar-refractivity contribution in [3.05, 3.63) is 212 Å². The zero-order valence-electron chi connectivity index (χ0n) is 33.7. The lowest BCUT2D eigenvalue weighted by Gasteiger charge is -2.14. The van der Waals surface area contributed by atoms with E-state index in [2.05, 4.69) is 193 Å². The number of hydrogen-bond donors (Lipinski definition) is 0. The molecule has 0 N–H and O–H groups in total. The van der Waals surface area contributed by atoms with Crippen LogP contribution in [-0.4, -0.2) is 19.5 Å². The minimum atomic E-state index is 0.717. The molecule has 0 aliphatic heterocycles. The Morgan fingerprint density at radius 1 is 0.500 bits per heavy atom. The molecule has 0 saturated heterocycles. The third-order valence-corrected chi connectivity index (χ3v) is 13.3. The molecule has 5 heteroatoms. The summed E-state index contributed by atoms with van der Waals surface area (Å²) >= 11 is 1.88. The summed E-state index contributed by atoms with van der Waals surface area (Å²) in [5, 5.41) is 4.94. The number of hydrogen-bond acceptors (Lipinski definition) is 4. The van der Waals surface area contributed by atoms with Crippen LogP contribution in [0.4, 0.5) is 0 Å². The summed E-state index contributed by atoms with van der Waals surface area (Å²) in [6.45, 7) is 0. The SMILES string of the molecule is C1=CCCC(c2cc(-c3ccccc3)nc(-c3ccc(-n4c5ccc(-c6ccccc6)cc5c5c6sc7ccc(-c8ccccc8)cc7c6cc(-c6ccccn6)c54)cc3)n2)=C1. The van der Waals surface area contributed by atoms with Crippen LogP contribution >= 0.6 is 11.3 Å². The van der Waals surface area contributed by atoms with Crippen molar-refractivity contribution in [2.24, 2.45) is 0 Å². The molecule has 4 heterocycles. The van der Waals surface area contributed by atoms with Gasteiger partial charge in [0.2, 0.25) is 0 Å². The Labute approximate surface area is 363 Å². The highest BCUT2D eigenvalue weighted by Crippen LogP contribution is 2.48. The van der Waals surface area contributed by atoms with Gasteiger partial charge >= 0.3 is 0 Å². The Balaban J connectivity index is 1.11. The van der Waals surface area contributed by atoms with E-state index in [0.29, 0.717) is 5.82 Å². The van der Waals surface area contributed by atoms with Crippen LogP contribution in [0.3, 0.4) is 0 Å². The molecular weight excluding hydrogens is 773 g/mol. The van der Waals surface area contributed by atoms with E-state index in [9.17, 15) is 0 Å². The van der Waals surface area contributed by atoms with Crippen LogP contribution in [-0.2, 0) is 0 Å². The summed E-state index contributed by atoms with van der Waals surface area (Å²) in [5.41, 5.74) is 15.3. The minimum Gasteiger partial charge on any atom is -0.309 e. The summed E-state index contributed by atoms with van der Waals surface area (Å²) in [7, 11) is 0. The first kappa shape index (κ1) is 36.1. The van der Waals surface area contributed by atoms with Gasteiger partial charge in [-0.3, -0.25) is 4.98 Å². The van der Waals surface area contributed by atoms with Crippen molar-refractivity contribution in [2.45, 2.75) is 12.8 Å². The van der Waals surface area contributed by atoms with E-state index >= 15 is 0 Å². The largest absolute Gasteiger partial charge is 0.309 e. The molecular formula is C57H38N4S. The van der Waals surface area contributed by atoms with E-state index in [4.69, 9.17) is 15.0 Å². The molecule has 4 nitrogen and oxygen atoms in total. The number of thiophene rings is 1. The second kappa shape index (κ2) is 15.1. The van der Waals surface area contributed by atoms with Crippen LogP contribution in [0.15, 0.2) is 206 Å². The van der Waals surface area contributed by atoms with Crippen molar-refractivity contribution in [1.29, 1.82) is 0 Å². The average molecular weight is 811 g/mol. The van der Waals surface area contributed by atoms with Crippen LogP contribution < -0.4 is 0 Å². The van der Waals surface area contributed by atoms with Crippen molar-refractivity contribution in [3.63, 3.8) is 0 Å². The first-order valence-corrected chi connectivity index (χ1v) is 22.0. The van der Waals surface area contributed by atoms with Gasteiger partial charge in [-0.15, -0.1) is 11.3 Å². The van der Waals surface area contributed by atoms with Gasteiger partial charge in [0.1, 0.15) is 0 Å². The van der Waals surface area contributed by atoms with Gasteiger partial charge in [0.25, 0.3) is 0 Å². The maximum atomic E-state index is 5.19. The lowest BCUT2D eigenvalue weighted by atomic mass is 9.98. The third-order valence-electron chi connectivity index (χ3n) is 12.1. The molecule has 0 saturated carbocycles. The molecule has 62 heavy (non-hydrogen) atoms. The monoisotopic (exact) mass is 810 g/mol. The number of allylic oxidation sites excluding steroid dienone is 4. The Bertz CT molecular complexity index is 3530. The molecule has 0 atom stereocenters. The average Bonchev–Trinajstić information content (AvgIpc) is 3.90. The summed E-state index contributed by atoms with van der Waals surface area (Å²) in [4.78, 5) is 15.4. The maximum Gasteiger partial charge on any atom is 0.160 e. The smallest absolute Gasteiger partial charge is 0.160 e. The van der Waals surface area contributed by atoms with Crippen LogP contribution in [0.2, 0.25) is 0 Å². The Kier molecular flexibility index (Phi) is 8.79. The topological polar surface area (TPSA) is 43.6 Å². The Morgan fingerprint density at radius 3 is 1.85 bits per heavy atom. The van der Waals surface area contributed by atoms with Gasteiger partial charge in [-0.25, -0.2) is 9.97 Å². The minimum absolute atomic E-state index is 0.717. The second-order valence-corrected chi connectivity index (χ2v) is 16.9. The van der Waals surface area contributed by atoms with Gasteiger partial charge in [0.15, 0.2) is 5.82 Å². The lowest BCUT2D eigenvalue weighted by molar-refractivity contribution is 1.03. The van der Waals surface area contributed by atoms with Gasteiger partial charge in [-0.2, -0.15) is 0 Å². The van der Waals surface area contributed by atoms with E-state index in [-0.39, 0.29) is 0 Å². The number of aromatic nitrogens is 4. The molecule has 0 fully saturated rings. The van der Waals surface area contributed by atoms with Crippen LogP contribution in [0.25, 0.3) is 109 Å². The molecule has 1 aliphatic rings. The number of fused-ring (bicyclic) bond motifs is 7. The normalized spacial score (nSPS) is 12.7. The fourth-order valence-electron chi connectivity index (χ4n) is 9.11. The predicted molar refractivity (Wildman–Crippen MR) is 261 cm³/mol. The van der Waals surface area contributed by atoms with Gasteiger partial charge in [0.05, 0.1) is 28.1 Å². The molecule has 0 bridgehead atoms. The van der Waals surface area contributed by atoms with Crippen molar-refractivity contribution in [2.75, 3.05) is 0 Å². The molecule has 7 aromatic carbocycles. The molecule has 4 aromatic heterocycles. The first-order valence-electron chi connectivity index (χ1n) is 21.1. The van der Waals surface area contributed by atoms with Crippen molar-refractivity contribution in [3.8, 4) is 61.8 Å². The predicted octanol–water partition coefficient (Wildman–Crippen LogP) is 15.4. The van der Waals surface area contributed by atoms with Crippen molar-refractivity contribution < 1.29 is 0 Å².